The van der Waals surface area contributed by atoms with Gasteiger partial charge >= 0.3 is 6.09 Å². The van der Waals surface area contributed by atoms with Crippen LogP contribution >= 0.6 is 11.6 Å². The molecule has 0 radical (unpaired) electrons. The molecule has 1 saturated heterocycles. The van der Waals surface area contributed by atoms with E-state index in [1.54, 1.807) is 24.3 Å². The molecule has 1 aliphatic rings. The summed E-state index contributed by atoms with van der Waals surface area (Å²) in [7, 11) is 0. The van der Waals surface area contributed by atoms with Crippen molar-refractivity contribution in [2.24, 2.45) is 5.73 Å². The molecule has 1 aromatic carbocycles. The fraction of sp³-hybridized carbons (Fsp3) is 0.200. The maximum Gasteiger partial charge on any atom is 0.414 e. The van der Waals surface area contributed by atoms with Crippen LogP contribution in [0.4, 0.5) is 14.9 Å². The molecule has 1 aromatic heterocycles. The third kappa shape index (κ3) is 2.75. The second-order valence-electron chi connectivity index (χ2n) is 4.88. The van der Waals surface area contributed by atoms with Crippen molar-refractivity contribution in [2.75, 3.05) is 18.0 Å². The Morgan fingerprint density at radius 2 is 2.23 bits per heavy atom. The number of benzene rings is 1. The zero-order valence-corrected chi connectivity index (χ0v) is 12.3. The van der Waals surface area contributed by atoms with Gasteiger partial charge in [0.05, 0.1) is 12.2 Å². The van der Waals surface area contributed by atoms with Crippen molar-refractivity contribution in [3.8, 4) is 11.1 Å². The quantitative estimate of drug-likeness (QED) is 0.883. The van der Waals surface area contributed by atoms with Gasteiger partial charge in [-0.15, -0.1) is 0 Å². The van der Waals surface area contributed by atoms with Gasteiger partial charge in [0.15, 0.2) is 0 Å². The van der Waals surface area contributed by atoms with Crippen molar-refractivity contribution in [2.45, 2.75) is 6.10 Å². The molecule has 2 N–H and O–H groups in total. The first-order valence-electron chi connectivity index (χ1n) is 6.68. The van der Waals surface area contributed by atoms with E-state index in [0.29, 0.717) is 23.4 Å². The number of cyclic esters (lactones) is 1. The summed E-state index contributed by atoms with van der Waals surface area (Å²) in [5.41, 5.74) is 6.92. The van der Waals surface area contributed by atoms with Crippen LogP contribution in [-0.4, -0.2) is 30.3 Å². The number of carbonyl (C=O) groups is 1. The van der Waals surface area contributed by atoms with Gasteiger partial charge in [-0.1, -0.05) is 11.6 Å². The van der Waals surface area contributed by atoms with Crippen molar-refractivity contribution in [3.05, 3.63) is 47.5 Å². The molecule has 5 nitrogen and oxygen atoms in total. The molecule has 1 fully saturated rings. The lowest BCUT2D eigenvalue weighted by Crippen LogP contribution is -2.27. The summed E-state index contributed by atoms with van der Waals surface area (Å²) in [6.45, 7) is 0.549. The minimum absolute atomic E-state index is 0.234. The standard InChI is InChI=1S/C15H13ClFN3O2/c16-14-5-9(3-4-19-14)12-2-1-10(6-13(12)17)20-8-11(7-18)22-15(20)21/h1-6,11H,7-8,18H2/t11-/m0/s1. The van der Waals surface area contributed by atoms with Crippen LogP contribution in [-0.2, 0) is 4.74 Å². The van der Waals surface area contributed by atoms with Crippen molar-refractivity contribution < 1.29 is 13.9 Å². The Balaban J connectivity index is 1.91. The Kier molecular flexibility index (Phi) is 3.96. The molecule has 0 aliphatic carbocycles. The van der Waals surface area contributed by atoms with Crippen molar-refractivity contribution in [1.82, 2.24) is 4.98 Å². The maximum atomic E-state index is 14.4. The van der Waals surface area contributed by atoms with Crippen molar-refractivity contribution >= 4 is 23.4 Å². The number of halogens is 2. The number of anilines is 1. The molecule has 114 valence electrons. The summed E-state index contributed by atoms with van der Waals surface area (Å²) in [4.78, 5) is 17.0. The smallest absolute Gasteiger partial charge is 0.414 e. The highest BCUT2D eigenvalue weighted by atomic mass is 35.5. The third-order valence-corrected chi connectivity index (χ3v) is 3.65. The molecule has 7 heteroatoms. The minimum Gasteiger partial charge on any atom is -0.443 e. The Bertz CT molecular complexity index is 726. The van der Waals surface area contributed by atoms with Gasteiger partial charge in [-0.25, -0.2) is 14.2 Å². The van der Waals surface area contributed by atoms with Crippen LogP contribution < -0.4 is 10.6 Å². The number of ether oxygens (including phenoxy) is 1. The van der Waals surface area contributed by atoms with Gasteiger partial charge in [-0.2, -0.15) is 0 Å². The fourth-order valence-electron chi connectivity index (χ4n) is 2.33. The number of nitrogens with zero attached hydrogens (tertiary/aromatic N) is 2. The zero-order valence-electron chi connectivity index (χ0n) is 11.5. The summed E-state index contributed by atoms with van der Waals surface area (Å²) < 4.78 is 19.4. The topological polar surface area (TPSA) is 68.5 Å². The lowest BCUT2D eigenvalue weighted by Gasteiger charge is -2.14. The summed E-state index contributed by atoms with van der Waals surface area (Å²) in [6.07, 6.45) is 0.623. The molecule has 1 amide bonds. The molecular weight excluding hydrogens is 309 g/mol. The molecule has 0 saturated carbocycles. The number of nitrogens with two attached hydrogens (primary N) is 1. The van der Waals surface area contributed by atoms with Gasteiger partial charge in [0.1, 0.15) is 17.1 Å². The van der Waals surface area contributed by atoms with Crippen LogP contribution in [0.3, 0.4) is 0 Å². The predicted octanol–water partition coefficient (Wildman–Crippen LogP) is 2.83. The largest absolute Gasteiger partial charge is 0.443 e. The lowest BCUT2D eigenvalue weighted by molar-refractivity contribution is 0.145. The minimum atomic E-state index is -0.519. The summed E-state index contributed by atoms with van der Waals surface area (Å²) in [6, 6.07) is 7.79. The molecule has 0 bridgehead atoms. The third-order valence-electron chi connectivity index (χ3n) is 3.44. The number of rotatable bonds is 3. The fourth-order valence-corrected chi connectivity index (χ4v) is 2.51. The summed E-state index contributed by atoms with van der Waals surface area (Å²) in [5.74, 6) is -0.455. The van der Waals surface area contributed by atoms with Crippen LogP contribution in [0.2, 0.25) is 5.15 Å². The monoisotopic (exact) mass is 321 g/mol. The Morgan fingerprint density at radius 3 is 2.86 bits per heavy atom. The molecule has 22 heavy (non-hydrogen) atoms. The average Bonchev–Trinajstić information content (AvgIpc) is 2.88. The first-order chi connectivity index (χ1) is 10.6. The Labute approximate surface area is 131 Å². The van der Waals surface area contributed by atoms with E-state index in [0.717, 1.165) is 0 Å². The summed E-state index contributed by atoms with van der Waals surface area (Å²) in [5, 5.41) is 0.287. The number of hydrogen-bond acceptors (Lipinski definition) is 4. The van der Waals surface area contributed by atoms with E-state index >= 15 is 0 Å². The van der Waals surface area contributed by atoms with Gasteiger partial charge in [0.25, 0.3) is 0 Å². The predicted molar refractivity (Wildman–Crippen MR) is 81.3 cm³/mol. The molecule has 3 rings (SSSR count). The molecule has 1 aliphatic heterocycles. The Morgan fingerprint density at radius 1 is 1.41 bits per heavy atom. The van der Waals surface area contributed by atoms with Gasteiger partial charge in [0.2, 0.25) is 0 Å². The lowest BCUT2D eigenvalue weighted by atomic mass is 10.1. The van der Waals surface area contributed by atoms with Gasteiger partial charge in [-0.3, -0.25) is 4.90 Å². The van der Waals surface area contributed by atoms with Crippen LogP contribution in [0.1, 0.15) is 0 Å². The van der Waals surface area contributed by atoms with Gasteiger partial charge < -0.3 is 10.5 Å². The normalized spacial score (nSPS) is 17.7. The second kappa shape index (κ2) is 5.90. The van der Waals surface area contributed by atoms with E-state index in [2.05, 4.69) is 4.98 Å². The Hall–Kier alpha value is -2.18. The number of aromatic nitrogens is 1. The first-order valence-corrected chi connectivity index (χ1v) is 7.06. The highest BCUT2D eigenvalue weighted by Crippen LogP contribution is 2.29. The van der Waals surface area contributed by atoms with Crippen LogP contribution in [0.15, 0.2) is 36.5 Å². The van der Waals surface area contributed by atoms with Crippen LogP contribution in [0.5, 0.6) is 0 Å². The van der Waals surface area contributed by atoms with E-state index < -0.39 is 11.9 Å². The van der Waals surface area contributed by atoms with E-state index in [9.17, 15) is 9.18 Å². The molecule has 0 unspecified atom stereocenters. The van der Waals surface area contributed by atoms with E-state index in [1.165, 1.54) is 17.2 Å². The van der Waals surface area contributed by atoms with E-state index in [1.807, 2.05) is 0 Å². The van der Waals surface area contributed by atoms with Gasteiger partial charge in [0, 0.05) is 18.3 Å². The first kappa shape index (κ1) is 14.7. The van der Waals surface area contributed by atoms with Gasteiger partial charge in [-0.05, 0) is 35.9 Å². The number of amides is 1. The van der Waals surface area contributed by atoms with E-state index in [4.69, 9.17) is 22.1 Å². The molecule has 2 aromatic rings. The highest BCUT2D eigenvalue weighted by molar-refractivity contribution is 6.29. The molecular formula is C15H13ClFN3O2. The molecule has 1 atom stereocenters. The molecule has 2 heterocycles. The van der Waals surface area contributed by atoms with E-state index in [-0.39, 0.29) is 17.8 Å². The van der Waals surface area contributed by atoms with Crippen molar-refractivity contribution in [1.29, 1.82) is 0 Å². The van der Waals surface area contributed by atoms with Crippen LogP contribution in [0.25, 0.3) is 11.1 Å². The van der Waals surface area contributed by atoms with Crippen LogP contribution in [0, 0.1) is 5.82 Å². The zero-order chi connectivity index (χ0) is 15.7. The maximum absolute atomic E-state index is 14.4. The average molecular weight is 322 g/mol. The number of hydrogen-bond donors (Lipinski definition) is 1. The SMILES string of the molecule is NC[C@H]1CN(c2ccc(-c3ccnc(Cl)c3)c(F)c2)C(=O)O1. The van der Waals surface area contributed by atoms with Crippen molar-refractivity contribution in [3.63, 3.8) is 0 Å². The number of carbonyl (C=O) groups excluding carboxylic acids is 1. The number of pyridine rings is 1. The highest BCUT2D eigenvalue weighted by Gasteiger charge is 2.31. The molecule has 0 spiro atoms. The summed E-state index contributed by atoms with van der Waals surface area (Å²) >= 11 is 5.82. The second-order valence-corrected chi connectivity index (χ2v) is 5.27.